The number of halogens is 1. The molecule has 1 amide bonds. The fraction of sp³-hybridized carbons (Fsp3) is 0.167. The zero-order chi connectivity index (χ0) is 17.1. The first-order valence-electron chi connectivity index (χ1n) is 7.38. The van der Waals surface area contributed by atoms with Gasteiger partial charge in [-0.3, -0.25) is 4.79 Å². The second-order valence-corrected chi connectivity index (χ2v) is 6.79. The molecule has 0 fully saturated rings. The number of ether oxygens (including phenoxy) is 1. The van der Waals surface area contributed by atoms with Crippen molar-refractivity contribution in [3.8, 4) is 5.75 Å². The number of nitrogens with zero attached hydrogens (tertiary/aromatic N) is 2. The molecule has 6 heteroatoms. The van der Waals surface area contributed by atoms with E-state index in [4.69, 9.17) is 16.3 Å². The summed E-state index contributed by atoms with van der Waals surface area (Å²) in [7, 11) is 3.44. The fourth-order valence-corrected chi connectivity index (χ4v) is 3.42. The number of amides is 1. The molecule has 1 aromatic carbocycles. The van der Waals surface area contributed by atoms with Gasteiger partial charge in [0.1, 0.15) is 11.4 Å². The average molecular weight is 361 g/mol. The van der Waals surface area contributed by atoms with Crippen LogP contribution in [0.1, 0.15) is 15.4 Å². The second kappa shape index (κ2) is 7.11. The van der Waals surface area contributed by atoms with Gasteiger partial charge in [0.15, 0.2) is 0 Å². The Morgan fingerprint density at radius 2 is 2.04 bits per heavy atom. The van der Waals surface area contributed by atoms with Crippen LogP contribution in [0.15, 0.2) is 54.0 Å². The highest BCUT2D eigenvalue weighted by Gasteiger charge is 2.21. The smallest absolute Gasteiger partial charge is 0.275 e. The van der Waals surface area contributed by atoms with E-state index in [1.165, 1.54) is 0 Å². The third-order valence-corrected chi connectivity index (χ3v) is 4.78. The van der Waals surface area contributed by atoms with Crippen LogP contribution in [0, 0.1) is 0 Å². The molecule has 0 spiro atoms. The van der Waals surface area contributed by atoms with Crippen LogP contribution in [-0.2, 0) is 13.6 Å². The Labute approximate surface area is 149 Å². The van der Waals surface area contributed by atoms with Crippen LogP contribution in [0.25, 0.3) is 0 Å². The van der Waals surface area contributed by atoms with Crippen molar-refractivity contribution in [2.45, 2.75) is 6.54 Å². The van der Waals surface area contributed by atoms with Crippen molar-refractivity contribution in [1.29, 1.82) is 0 Å². The SMILES string of the molecule is COc1ccc(N(Cc2cccs2)C(=O)c2cc(Cl)cn2C)cc1. The van der Waals surface area contributed by atoms with Gasteiger partial charge in [0.2, 0.25) is 0 Å². The van der Waals surface area contributed by atoms with Gasteiger partial charge in [-0.05, 0) is 41.8 Å². The van der Waals surface area contributed by atoms with Gasteiger partial charge in [-0.1, -0.05) is 17.7 Å². The highest BCUT2D eigenvalue weighted by atomic mass is 35.5. The predicted molar refractivity (Wildman–Crippen MR) is 98.2 cm³/mol. The summed E-state index contributed by atoms with van der Waals surface area (Å²) in [4.78, 5) is 15.9. The van der Waals surface area contributed by atoms with Crippen LogP contribution in [0.5, 0.6) is 5.75 Å². The maximum absolute atomic E-state index is 13.1. The van der Waals surface area contributed by atoms with Gasteiger partial charge in [0.05, 0.1) is 18.7 Å². The molecular weight excluding hydrogens is 344 g/mol. The molecule has 0 radical (unpaired) electrons. The molecule has 0 atom stereocenters. The van der Waals surface area contributed by atoms with E-state index in [1.807, 2.05) is 48.8 Å². The molecule has 0 saturated heterocycles. The number of aryl methyl sites for hydroxylation is 1. The highest BCUT2D eigenvalue weighted by molar-refractivity contribution is 7.09. The van der Waals surface area contributed by atoms with Crippen molar-refractivity contribution in [2.24, 2.45) is 7.05 Å². The third-order valence-electron chi connectivity index (χ3n) is 3.71. The highest BCUT2D eigenvalue weighted by Crippen LogP contribution is 2.25. The second-order valence-electron chi connectivity index (χ2n) is 5.32. The number of thiophene rings is 1. The molecule has 3 rings (SSSR count). The van der Waals surface area contributed by atoms with E-state index in [0.29, 0.717) is 17.3 Å². The summed E-state index contributed by atoms with van der Waals surface area (Å²) in [6.07, 6.45) is 1.73. The molecule has 3 aromatic rings. The lowest BCUT2D eigenvalue weighted by Gasteiger charge is -2.23. The zero-order valence-corrected chi connectivity index (χ0v) is 15.0. The van der Waals surface area contributed by atoms with Crippen molar-refractivity contribution in [3.63, 3.8) is 0 Å². The maximum Gasteiger partial charge on any atom is 0.275 e. The lowest BCUT2D eigenvalue weighted by atomic mass is 10.2. The van der Waals surface area contributed by atoms with Crippen LogP contribution in [-0.4, -0.2) is 17.6 Å². The molecule has 0 unspecified atom stereocenters. The maximum atomic E-state index is 13.1. The summed E-state index contributed by atoms with van der Waals surface area (Å²) in [5.74, 6) is 0.659. The van der Waals surface area contributed by atoms with Crippen molar-refractivity contribution in [2.75, 3.05) is 12.0 Å². The lowest BCUT2D eigenvalue weighted by molar-refractivity contribution is 0.0977. The topological polar surface area (TPSA) is 34.5 Å². The number of rotatable bonds is 5. The predicted octanol–water partition coefficient (Wildman–Crippen LogP) is 4.60. The van der Waals surface area contributed by atoms with Crippen LogP contribution < -0.4 is 9.64 Å². The fourth-order valence-electron chi connectivity index (χ4n) is 2.48. The third kappa shape index (κ3) is 3.47. The number of hydrogen-bond donors (Lipinski definition) is 0. The van der Waals surface area contributed by atoms with E-state index < -0.39 is 0 Å². The van der Waals surface area contributed by atoms with E-state index in [1.54, 1.807) is 40.2 Å². The molecular formula is C18H17ClN2O2S. The number of aromatic nitrogens is 1. The molecule has 2 aromatic heterocycles. The number of carbonyl (C=O) groups is 1. The van der Waals surface area contributed by atoms with E-state index in [2.05, 4.69) is 0 Å². The largest absolute Gasteiger partial charge is 0.497 e. The summed E-state index contributed by atoms with van der Waals surface area (Å²) in [6, 6.07) is 13.2. The average Bonchev–Trinajstić information content (AvgIpc) is 3.21. The molecule has 0 aliphatic heterocycles. The minimum Gasteiger partial charge on any atom is -0.497 e. The summed E-state index contributed by atoms with van der Waals surface area (Å²) in [5.41, 5.74) is 1.36. The van der Waals surface area contributed by atoms with Crippen molar-refractivity contribution < 1.29 is 9.53 Å². The normalized spacial score (nSPS) is 10.6. The number of carbonyl (C=O) groups excluding carboxylic acids is 1. The number of anilines is 1. The van der Waals surface area contributed by atoms with Crippen molar-refractivity contribution in [3.05, 3.63) is 69.6 Å². The van der Waals surface area contributed by atoms with Gasteiger partial charge in [0.25, 0.3) is 5.91 Å². The van der Waals surface area contributed by atoms with Gasteiger partial charge in [-0.2, -0.15) is 0 Å². The first-order chi connectivity index (χ1) is 11.6. The minimum absolute atomic E-state index is 0.0945. The monoisotopic (exact) mass is 360 g/mol. The first kappa shape index (κ1) is 16.6. The van der Waals surface area contributed by atoms with Crippen LogP contribution in [0.4, 0.5) is 5.69 Å². The zero-order valence-electron chi connectivity index (χ0n) is 13.4. The molecule has 24 heavy (non-hydrogen) atoms. The summed E-state index contributed by atoms with van der Waals surface area (Å²) >= 11 is 7.66. The van der Waals surface area contributed by atoms with Crippen LogP contribution in [0.3, 0.4) is 0 Å². The van der Waals surface area contributed by atoms with Gasteiger partial charge < -0.3 is 14.2 Å². The molecule has 0 saturated carbocycles. The van der Waals surface area contributed by atoms with E-state index >= 15 is 0 Å². The van der Waals surface area contributed by atoms with Crippen LogP contribution >= 0.6 is 22.9 Å². The first-order valence-corrected chi connectivity index (χ1v) is 8.64. The van der Waals surface area contributed by atoms with Crippen molar-refractivity contribution >= 4 is 34.5 Å². The Morgan fingerprint density at radius 1 is 1.29 bits per heavy atom. The summed E-state index contributed by atoms with van der Waals surface area (Å²) < 4.78 is 6.95. The molecule has 124 valence electrons. The number of hydrogen-bond acceptors (Lipinski definition) is 3. The molecule has 0 bridgehead atoms. The standard InChI is InChI=1S/C18H17ClN2O2S/c1-20-11-13(19)10-17(20)18(22)21(12-16-4-3-9-24-16)14-5-7-15(23-2)8-6-14/h3-11H,12H2,1-2H3. The summed E-state index contributed by atoms with van der Waals surface area (Å²) in [6.45, 7) is 0.506. The molecule has 2 heterocycles. The number of benzene rings is 1. The lowest BCUT2D eigenvalue weighted by Crippen LogP contribution is -2.31. The van der Waals surface area contributed by atoms with Gasteiger partial charge in [-0.15, -0.1) is 11.3 Å². The quantitative estimate of drug-likeness (QED) is 0.666. The molecule has 0 N–H and O–H groups in total. The Hall–Kier alpha value is -2.24. The Bertz CT molecular complexity index is 825. The van der Waals surface area contributed by atoms with Gasteiger partial charge >= 0.3 is 0 Å². The van der Waals surface area contributed by atoms with Gasteiger partial charge in [0, 0.05) is 23.8 Å². The molecule has 4 nitrogen and oxygen atoms in total. The van der Waals surface area contributed by atoms with E-state index in [9.17, 15) is 4.79 Å². The van der Waals surface area contributed by atoms with E-state index in [-0.39, 0.29) is 5.91 Å². The molecule has 0 aliphatic rings. The summed E-state index contributed by atoms with van der Waals surface area (Å²) in [5, 5.41) is 2.55. The minimum atomic E-state index is -0.0945. The van der Waals surface area contributed by atoms with Crippen LogP contribution in [0.2, 0.25) is 5.02 Å². The van der Waals surface area contributed by atoms with Gasteiger partial charge in [-0.25, -0.2) is 0 Å². The van der Waals surface area contributed by atoms with Crippen molar-refractivity contribution in [1.82, 2.24) is 4.57 Å². The molecule has 0 aliphatic carbocycles. The Kier molecular flexibility index (Phi) is 4.92. The Morgan fingerprint density at radius 3 is 2.58 bits per heavy atom. The Balaban J connectivity index is 1.97. The number of methoxy groups -OCH3 is 1. The van der Waals surface area contributed by atoms with E-state index in [0.717, 1.165) is 16.3 Å².